The summed E-state index contributed by atoms with van der Waals surface area (Å²) in [5.74, 6) is -0.110. The molecular formula is C18H28N6O2. The van der Waals surface area contributed by atoms with Gasteiger partial charge in [-0.05, 0) is 40.5 Å². The molecular weight excluding hydrogens is 332 g/mol. The van der Waals surface area contributed by atoms with Gasteiger partial charge in [-0.3, -0.25) is 9.48 Å². The first-order chi connectivity index (χ1) is 12.4. The van der Waals surface area contributed by atoms with E-state index in [9.17, 15) is 4.79 Å². The first kappa shape index (κ1) is 18.6. The van der Waals surface area contributed by atoms with Crippen molar-refractivity contribution in [2.45, 2.75) is 65.8 Å². The standard InChI is InChI=1S/C18H28N6O2/c1-12(2)24(10-16-13(3)20-22(5)14(16)4)18(25)17-11-23(21-19-17)9-15-7-6-8-26-15/h11-12,15H,6-10H2,1-5H3. The molecule has 1 unspecified atom stereocenters. The Labute approximate surface area is 154 Å². The Morgan fingerprint density at radius 2 is 2.19 bits per heavy atom. The van der Waals surface area contributed by atoms with E-state index in [2.05, 4.69) is 15.4 Å². The summed E-state index contributed by atoms with van der Waals surface area (Å²) >= 11 is 0. The number of aromatic nitrogens is 5. The number of carbonyl (C=O) groups excluding carboxylic acids is 1. The van der Waals surface area contributed by atoms with Crippen molar-refractivity contribution < 1.29 is 9.53 Å². The average Bonchev–Trinajstić information content (AvgIpc) is 3.30. The van der Waals surface area contributed by atoms with E-state index >= 15 is 0 Å². The Morgan fingerprint density at radius 3 is 2.77 bits per heavy atom. The third-order valence-electron chi connectivity index (χ3n) is 5.04. The lowest BCUT2D eigenvalue weighted by molar-refractivity contribution is 0.0683. The SMILES string of the molecule is Cc1nn(C)c(C)c1CN(C(=O)c1cn(CC2CCCO2)nn1)C(C)C. The van der Waals surface area contributed by atoms with E-state index in [1.807, 2.05) is 44.3 Å². The monoisotopic (exact) mass is 360 g/mol. The van der Waals surface area contributed by atoms with Gasteiger partial charge in [0.25, 0.3) is 5.91 Å². The largest absolute Gasteiger partial charge is 0.376 e. The number of ether oxygens (including phenoxy) is 1. The molecule has 0 aliphatic carbocycles. The van der Waals surface area contributed by atoms with Crippen molar-refractivity contribution in [1.29, 1.82) is 0 Å². The molecule has 0 aromatic carbocycles. The third-order valence-corrected chi connectivity index (χ3v) is 5.04. The molecule has 0 bridgehead atoms. The van der Waals surface area contributed by atoms with Crippen LogP contribution in [0.1, 0.15) is 54.1 Å². The van der Waals surface area contributed by atoms with Crippen LogP contribution in [0.3, 0.4) is 0 Å². The van der Waals surface area contributed by atoms with E-state index in [1.54, 1.807) is 10.9 Å². The number of amides is 1. The summed E-state index contributed by atoms with van der Waals surface area (Å²) in [5, 5.41) is 12.7. The minimum atomic E-state index is -0.110. The van der Waals surface area contributed by atoms with E-state index in [1.165, 1.54) is 0 Å². The van der Waals surface area contributed by atoms with Gasteiger partial charge in [0, 0.05) is 37.5 Å². The molecule has 0 N–H and O–H groups in total. The fourth-order valence-corrected chi connectivity index (χ4v) is 3.34. The zero-order valence-corrected chi connectivity index (χ0v) is 16.3. The van der Waals surface area contributed by atoms with Gasteiger partial charge in [0.05, 0.1) is 24.5 Å². The molecule has 2 aromatic rings. The minimum absolute atomic E-state index is 0.0461. The number of hydrogen-bond acceptors (Lipinski definition) is 5. The molecule has 8 nitrogen and oxygen atoms in total. The molecule has 0 saturated carbocycles. The lowest BCUT2D eigenvalue weighted by atomic mass is 10.1. The Morgan fingerprint density at radius 1 is 1.42 bits per heavy atom. The second-order valence-electron chi connectivity index (χ2n) is 7.26. The Hall–Kier alpha value is -2.22. The summed E-state index contributed by atoms with van der Waals surface area (Å²) in [6, 6.07) is 0.0461. The van der Waals surface area contributed by atoms with Gasteiger partial charge in [0.1, 0.15) is 0 Å². The summed E-state index contributed by atoms with van der Waals surface area (Å²) in [5.41, 5.74) is 3.48. The van der Waals surface area contributed by atoms with Crippen molar-refractivity contribution in [3.05, 3.63) is 28.8 Å². The maximum absolute atomic E-state index is 13.0. The fraction of sp³-hybridized carbons (Fsp3) is 0.667. The molecule has 1 fully saturated rings. The summed E-state index contributed by atoms with van der Waals surface area (Å²) in [6.45, 7) is 9.98. The van der Waals surface area contributed by atoms with Gasteiger partial charge in [-0.2, -0.15) is 5.10 Å². The number of nitrogens with zero attached hydrogens (tertiary/aromatic N) is 6. The van der Waals surface area contributed by atoms with Crippen LogP contribution in [-0.4, -0.2) is 54.3 Å². The van der Waals surface area contributed by atoms with Crippen LogP contribution in [0.5, 0.6) is 0 Å². The second-order valence-corrected chi connectivity index (χ2v) is 7.26. The average molecular weight is 360 g/mol. The minimum Gasteiger partial charge on any atom is -0.376 e. The topological polar surface area (TPSA) is 78.1 Å². The Kier molecular flexibility index (Phi) is 5.41. The molecule has 1 amide bonds. The van der Waals surface area contributed by atoms with Crippen LogP contribution in [0, 0.1) is 13.8 Å². The Balaban J connectivity index is 1.75. The van der Waals surface area contributed by atoms with E-state index in [4.69, 9.17) is 4.74 Å². The van der Waals surface area contributed by atoms with Crippen molar-refractivity contribution in [3.63, 3.8) is 0 Å². The zero-order valence-electron chi connectivity index (χ0n) is 16.3. The normalized spacial score (nSPS) is 17.2. The molecule has 2 aromatic heterocycles. The number of aryl methyl sites for hydroxylation is 2. The van der Waals surface area contributed by atoms with Crippen molar-refractivity contribution in [2.24, 2.45) is 7.05 Å². The summed E-state index contributed by atoms with van der Waals surface area (Å²) in [6.07, 6.45) is 4.00. The summed E-state index contributed by atoms with van der Waals surface area (Å²) < 4.78 is 9.19. The van der Waals surface area contributed by atoms with Crippen LogP contribution >= 0.6 is 0 Å². The highest BCUT2D eigenvalue weighted by Gasteiger charge is 2.25. The third kappa shape index (κ3) is 3.80. The maximum Gasteiger partial charge on any atom is 0.276 e. The smallest absolute Gasteiger partial charge is 0.276 e. The molecule has 26 heavy (non-hydrogen) atoms. The van der Waals surface area contributed by atoms with E-state index < -0.39 is 0 Å². The van der Waals surface area contributed by atoms with Crippen LogP contribution in [0.25, 0.3) is 0 Å². The highest BCUT2D eigenvalue weighted by Crippen LogP contribution is 2.18. The number of hydrogen-bond donors (Lipinski definition) is 0. The van der Waals surface area contributed by atoms with Gasteiger partial charge >= 0.3 is 0 Å². The van der Waals surface area contributed by atoms with Crippen molar-refractivity contribution in [1.82, 2.24) is 29.7 Å². The van der Waals surface area contributed by atoms with Gasteiger partial charge in [0.15, 0.2) is 5.69 Å². The number of carbonyl (C=O) groups is 1. The molecule has 142 valence electrons. The predicted molar refractivity (Wildman–Crippen MR) is 96.7 cm³/mol. The number of rotatable bonds is 6. The van der Waals surface area contributed by atoms with Crippen LogP contribution < -0.4 is 0 Å². The molecule has 0 spiro atoms. The van der Waals surface area contributed by atoms with Crippen LogP contribution in [0.2, 0.25) is 0 Å². The van der Waals surface area contributed by atoms with Gasteiger partial charge in [0.2, 0.25) is 0 Å². The van der Waals surface area contributed by atoms with Crippen molar-refractivity contribution >= 4 is 5.91 Å². The molecule has 1 atom stereocenters. The molecule has 8 heteroatoms. The fourth-order valence-electron chi connectivity index (χ4n) is 3.34. The summed E-state index contributed by atoms with van der Waals surface area (Å²) in [4.78, 5) is 14.8. The highest BCUT2D eigenvalue weighted by molar-refractivity contribution is 5.92. The quantitative estimate of drug-likeness (QED) is 0.786. The first-order valence-corrected chi connectivity index (χ1v) is 9.18. The molecule has 1 aliphatic rings. The first-order valence-electron chi connectivity index (χ1n) is 9.18. The van der Waals surface area contributed by atoms with Crippen LogP contribution in [0.4, 0.5) is 0 Å². The molecule has 3 rings (SSSR count). The molecule has 3 heterocycles. The highest BCUT2D eigenvalue weighted by atomic mass is 16.5. The molecule has 1 saturated heterocycles. The molecule has 1 aliphatic heterocycles. The maximum atomic E-state index is 13.0. The zero-order chi connectivity index (χ0) is 18.8. The van der Waals surface area contributed by atoms with E-state index in [0.717, 1.165) is 36.4 Å². The lowest BCUT2D eigenvalue weighted by Gasteiger charge is -2.26. The summed E-state index contributed by atoms with van der Waals surface area (Å²) in [7, 11) is 1.92. The second kappa shape index (κ2) is 7.57. The molecule has 0 radical (unpaired) electrons. The van der Waals surface area contributed by atoms with E-state index in [0.29, 0.717) is 18.8 Å². The van der Waals surface area contributed by atoms with Gasteiger partial charge in [-0.1, -0.05) is 5.21 Å². The van der Waals surface area contributed by atoms with Crippen LogP contribution in [-0.2, 0) is 24.9 Å². The van der Waals surface area contributed by atoms with Gasteiger partial charge in [-0.15, -0.1) is 5.10 Å². The predicted octanol–water partition coefficient (Wildman–Crippen LogP) is 1.86. The van der Waals surface area contributed by atoms with Gasteiger partial charge in [-0.25, -0.2) is 4.68 Å². The van der Waals surface area contributed by atoms with Crippen molar-refractivity contribution in [3.8, 4) is 0 Å². The van der Waals surface area contributed by atoms with Crippen LogP contribution in [0.15, 0.2) is 6.20 Å². The van der Waals surface area contributed by atoms with Crippen molar-refractivity contribution in [2.75, 3.05) is 6.61 Å². The lowest BCUT2D eigenvalue weighted by Crippen LogP contribution is -2.37. The Bertz CT molecular complexity index is 773. The van der Waals surface area contributed by atoms with Gasteiger partial charge < -0.3 is 9.64 Å². The van der Waals surface area contributed by atoms with E-state index in [-0.39, 0.29) is 18.1 Å².